The summed E-state index contributed by atoms with van der Waals surface area (Å²) in [7, 11) is 3.80. The summed E-state index contributed by atoms with van der Waals surface area (Å²) < 4.78 is 38.9. The maximum absolute atomic E-state index is 14.3. The Kier molecular flexibility index (Phi) is 3.79. The third-order valence-electron chi connectivity index (χ3n) is 2.93. The maximum atomic E-state index is 14.3. The highest BCUT2D eigenvalue weighted by Gasteiger charge is 2.23. The van der Waals surface area contributed by atoms with Crippen LogP contribution < -0.4 is 9.47 Å². The summed E-state index contributed by atoms with van der Waals surface area (Å²) in [5.41, 5.74) is -0.178. The maximum Gasteiger partial charge on any atom is 0.356 e. The molecule has 21 heavy (non-hydrogen) atoms. The van der Waals surface area contributed by atoms with Gasteiger partial charge in [0.15, 0.2) is 23.0 Å². The molecule has 0 spiro atoms. The molecule has 0 amide bonds. The van der Waals surface area contributed by atoms with Gasteiger partial charge in [-0.3, -0.25) is 4.68 Å². The molecule has 0 bridgehead atoms. The van der Waals surface area contributed by atoms with Gasteiger partial charge in [-0.1, -0.05) is 0 Å². The van der Waals surface area contributed by atoms with E-state index in [0.29, 0.717) is 0 Å². The zero-order valence-electron chi connectivity index (χ0n) is 11.5. The highest BCUT2D eigenvalue weighted by atomic mass is 19.1. The fourth-order valence-electron chi connectivity index (χ4n) is 1.93. The van der Waals surface area contributed by atoms with E-state index in [0.717, 1.165) is 13.2 Å². The van der Waals surface area contributed by atoms with Crippen molar-refractivity contribution < 1.29 is 28.2 Å². The molecular weight excluding hydrogens is 286 g/mol. The van der Waals surface area contributed by atoms with Gasteiger partial charge in [-0.2, -0.15) is 9.49 Å². The lowest BCUT2D eigenvalue weighted by Crippen LogP contribution is -2.02. The van der Waals surface area contributed by atoms with Crippen LogP contribution in [0.15, 0.2) is 12.1 Å². The van der Waals surface area contributed by atoms with E-state index >= 15 is 0 Å². The first-order chi connectivity index (χ1) is 9.90. The van der Waals surface area contributed by atoms with Crippen molar-refractivity contribution in [1.29, 1.82) is 0 Å². The number of carbonyl (C=O) groups is 1. The van der Waals surface area contributed by atoms with Crippen molar-refractivity contribution in [2.24, 2.45) is 7.05 Å². The summed E-state index contributed by atoms with van der Waals surface area (Å²) in [4.78, 5) is 10.9. The molecule has 112 valence electrons. The van der Waals surface area contributed by atoms with Crippen molar-refractivity contribution in [2.45, 2.75) is 0 Å². The van der Waals surface area contributed by atoms with Gasteiger partial charge in [-0.25, -0.2) is 9.18 Å². The van der Waals surface area contributed by atoms with Gasteiger partial charge >= 0.3 is 5.97 Å². The monoisotopic (exact) mass is 298 g/mol. The summed E-state index contributed by atoms with van der Waals surface area (Å²) in [5.74, 6) is -4.01. The number of halogens is 2. The Morgan fingerprint density at radius 2 is 1.90 bits per heavy atom. The number of carboxylic acid groups (broad SMARTS) is 1. The average molecular weight is 298 g/mol. The van der Waals surface area contributed by atoms with E-state index in [-0.39, 0.29) is 22.7 Å². The molecule has 0 atom stereocenters. The largest absolute Gasteiger partial charge is 0.494 e. The number of aromatic nitrogens is 2. The molecule has 0 radical (unpaired) electrons. The number of benzene rings is 1. The second-order valence-electron chi connectivity index (χ2n) is 4.13. The topological polar surface area (TPSA) is 73.6 Å². The van der Waals surface area contributed by atoms with Crippen molar-refractivity contribution in [3.8, 4) is 22.8 Å². The van der Waals surface area contributed by atoms with Gasteiger partial charge in [0.1, 0.15) is 0 Å². The Bertz CT molecular complexity index is 713. The zero-order chi connectivity index (χ0) is 15.7. The average Bonchev–Trinajstić information content (AvgIpc) is 2.82. The number of nitrogens with zero attached hydrogens (tertiary/aromatic N) is 2. The number of aryl methyl sites for hydroxylation is 1. The minimum Gasteiger partial charge on any atom is -0.494 e. The van der Waals surface area contributed by atoms with Gasteiger partial charge < -0.3 is 14.6 Å². The molecule has 1 aromatic carbocycles. The minimum absolute atomic E-state index is 0.0763. The van der Waals surface area contributed by atoms with E-state index in [1.807, 2.05) is 0 Å². The van der Waals surface area contributed by atoms with Crippen LogP contribution in [0, 0.1) is 11.6 Å². The minimum atomic E-state index is -1.25. The molecule has 2 rings (SSSR count). The normalized spacial score (nSPS) is 10.5. The van der Waals surface area contributed by atoms with Crippen molar-refractivity contribution in [3.63, 3.8) is 0 Å². The first-order valence-electron chi connectivity index (χ1n) is 5.78. The fraction of sp³-hybridized carbons (Fsp3) is 0.231. The Labute approximate surface area is 118 Å². The summed E-state index contributed by atoms with van der Waals surface area (Å²) in [6.07, 6.45) is 0. The van der Waals surface area contributed by atoms with Crippen LogP contribution in [0.2, 0.25) is 0 Å². The van der Waals surface area contributed by atoms with Crippen LogP contribution in [-0.4, -0.2) is 35.1 Å². The second-order valence-corrected chi connectivity index (χ2v) is 4.13. The number of hydrogen-bond donors (Lipinski definition) is 1. The van der Waals surface area contributed by atoms with Crippen LogP contribution in [0.1, 0.15) is 10.5 Å². The molecule has 0 aliphatic carbocycles. The van der Waals surface area contributed by atoms with Gasteiger partial charge in [0.25, 0.3) is 0 Å². The molecule has 8 heteroatoms. The quantitative estimate of drug-likeness (QED) is 0.935. The van der Waals surface area contributed by atoms with Gasteiger partial charge in [-0.15, -0.1) is 0 Å². The number of rotatable bonds is 4. The highest BCUT2D eigenvalue weighted by molar-refractivity contribution is 5.87. The molecular formula is C13H12F2N2O4. The number of ether oxygens (including phenoxy) is 2. The molecule has 0 saturated heterocycles. The third kappa shape index (κ3) is 2.39. The standard InChI is InChI=1S/C13H12F2N2O4/c1-17-8(5-7(16-17)13(18)19)6-4-9(20-2)11(15)12(21-3)10(6)14/h4-5H,1-3H3,(H,18,19). The van der Waals surface area contributed by atoms with Crippen LogP contribution >= 0.6 is 0 Å². The Hall–Kier alpha value is -2.64. The fourth-order valence-corrected chi connectivity index (χ4v) is 1.93. The smallest absolute Gasteiger partial charge is 0.356 e. The van der Waals surface area contributed by atoms with Gasteiger partial charge in [0.05, 0.1) is 19.9 Å². The van der Waals surface area contributed by atoms with E-state index in [1.54, 1.807) is 0 Å². The van der Waals surface area contributed by atoms with E-state index < -0.39 is 23.4 Å². The van der Waals surface area contributed by atoms with Crippen molar-refractivity contribution in [1.82, 2.24) is 9.78 Å². The van der Waals surface area contributed by atoms with Crippen LogP contribution in [0.4, 0.5) is 8.78 Å². The molecule has 2 aromatic rings. The van der Waals surface area contributed by atoms with Crippen LogP contribution in [0.25, 0.3) is 11.3 Å². The molecule has 6 nitrogen and oxygen atoms in total. The summed E-state index contributed by atoms with van der Waals surface area (Å²) in [5, 5.41) is 12.6. The number of hydrogen-bond acceptors (Lipinski definition) is 4. The first kappa shape index (κ1) is 14.8. The van der Waals surface area contributed by atoms with Gasteiger partial charge in [0.2, 0.25) is 5.82 Å². The number of methoxy groups -OCH3 is 2. The Morgan fingerprint density at radius 1 is 1.24 bits per heavy atom. The predicted molar refractivity (Wildman–Crippen MR) is 68.6 cm³/mol. The van der Waals surface area contributed by atoms with E-state index in [1.165, 1.54) is 24.9 Å². The first-order valence-corrected chi connectivity index (χ1v) is 5.78. The van der Waals surface area contributed by atoms with E-state index in [2.05, 4.69) is 5.10 Å². The summed E-state index contributed by atoms with van der Waals surface area (Å²) >= 11 is 0. The lowest BCUT2D eigenvalue weighted by Gasteiger charge is -2.12. The number of aromatic carboxylic acids is 1. The Balaban J connectivity index is 2.72. The zero-order valence-corrected chi connectivity index (χ0v) is 11.5. The van der Waals surface area contributed by atoms with Gasteiger partial charge in [-0.05, 0) is 12.1 Å². The Morgan fingerprint density at radius 3 is 2.38 bits per heavy atom. The molecule has 1 aromatic heterocycles. The molecule has 0 fully saturated rings. The van der Waals surface area contributed by atoms with Crippen molar-refractivity contribution in [2.75, 3.05) is 14.2 Å². The van der Waals surface area contributed by atoms with Crippen LogP contribution in [-0.2, 0) is 7.05 Å². The van der Waals surface area contributed by atoms with Crippen molar-refractivity contribution in [3.05, 3.63) is 29.5 Å². The third-order valence-corrected chi connectivity index (χ3v) is 2.93. The van der Waals surface area contributed by atoms with Crippen molar-refractivity contribution >= 4 is 5.97 Å². The lowest BCUT2D eigenvalue weighted by molar-refractivity contribution is 0.0689. The van der Waals surface area contributed by atoms with Crippen LogP contribution in [0.5, 0.6) is 11.5 Å². The van der Waals surface area contributed by atoms with Crippen LogP contribution in [0.3, 0.4) is 0 Å². The molecule has 0 saturated carbocycles. The SMILES string of the molecule is COc1cc(-c2cc(C(=O)O)nn2C)c(F)c(OC)c1F. The molecule has 0 aliphatic heterocycles. The summed E-state index contributed by atoms with van der Waals surface area (Å²) in [6, 6.07) is 2.30. The highest BCUT2D eigenvalue weighted by Crippen LogP contribution is 2.37. The lowest BCUT2D eigenvalue weighted by atomic mass is 10.1. The second kappa shape index (κ2) is 5.39. The molecule has 0 unspecified atom stereocenters. The predicted octanol–water partition coefficient (Wildman–Crippen LogP) is 2.08. The number of carboxylic acids is 1. The molecule has 0 aliphatic rings. The molecule has 1 N–H and O–H groups in total. The van der Waals surface area contributed by atoms with E-state index in [9.17, 15) is 13.6 Å². The van der Waals surface area contributed by atoms with Gasteiger partial charge in [0, 0.05) is 12.6 Å². The molecule has 1 heterocycles. The van der Waals surface area contributed by atoms with E-state index in [4.69, 9.17) is 14.6 Å². The summed E-state index contributed by atoms with van der Waals surface area (Å²) in [6.45, 7) is 0.